The monoisotopic (exact) mass is 301 g/mol. The van der Waals surface area contributed by atoms with Gasteiger partial charge in [0.05, 0.1) is 20.3 Å². The number of pyridine rings is 1. The van der Waals surface area contributed by atoms with Gasteiger partial charge < -0.3 is 19.3 Å². The SMILES string of the molecule is COc1cc(OC)nc(N2CCN(c3ccccn3)CC2)n1. The summed E-state index contributed by atoms with van der Waals surface area (Å²) >= 11 is 0. The topological polar surface area (TPSA) is 63.6 Å². The number of methoxy groups -OCH3 is 2. The third-order valence-electron chi connectivity index (χ3n) is 3.62. The van der Waals surface area contributed by atoms with Gasteiger partial charge in [-0.05, 0) is 12.1 Å². The Hall–Kier alpha value is -2.57. The smallest absolute Gasteiger partial charge is 0.232 e. The van der Waals surface area contributed by atoms with Gasteiger partial charge in [-0.3, -0.25) is 0 Å². The number of ether oxygens (including phenoxy) is 2. The Morgan fingerprint density at radius 3 is 2.09 bits per heavy atom. The molecule has 0 atom stereocenters. The van der Waals surface area contributed by atoms with Gasteiger partial charge in [-0.25, -0.2) is 4.98 Å². The highest BCUT2D eigenvalue weighted by molar-refractivity contribution is 5.43. The first-order chi connectivity index (χ1) is 10.8. The summed E-state index contributed by atoms with van der Waals surface area (Å²) in [5, 5.41) is 0. The summed E-state index contributed by atoms with van der Waals surface area (Å²) in [6.07, 6.45) is 1.82. The quantitative estimate of drug-likeness (QED) is 0.841. The zero-order valence-electron chi connectivity index (χ0n) is 12.8. The Balaban J connectivity index is 1.71. The second-order valence-corrected chi connectivity index (χ2v) is 4.91. The standard InChI is InChI=1S/C15H19N5O2/c1-21-13-11-14(22-2)18-15(17-13)20-9-7-19(8-10-20)12-5-3-4-6-16-12/h3-6,11H,7-10H2,1-2H3. The fourth-order valence-corrected chi connectivity index (χ4v) is 2.42. The molecule has 0 bridgehead atoms. The van der Waals surface area contributed by atoms with Crippen molar-refractivity contribution in [1.29, 1.82) is 0 Å². The molecule has 0 aliphatic carbocycles. The Labute approximate surface area is 129 Å². The van der Waals surface area contributed by atoms with E-state index in [2.05, 4.69) is 24.8 Å². The molecule has 2 aromatic heterocycles. The molecule has 0 N–H and O–H groups in total. The van der Waals surface area contributed by atoms with Crippen LogP contribution in [0.4, 0.5) is 11.8 Å². The van der Waals surface area contributed by atoms with Gasteiger partial charge in [0.2, 0.25) is 17.7 Å². The molecule has 0 saturated carbocycles. The van der Waals surface area contributed by atoms with Crippen LogP contribution in [0, 0.1) is 0 Å². The van der Waals surface area contributed by atoms with Crippen LogP contribution in [0.3, 0.4) is 0 Å². The largest absolute Gasteiger partial charge is 0.481 e. The summed E-state index contributed by atoms with van der Waals surface area (Å²) in [6, 6.07) is 7.63. The molecule has 1 saturated heterocycles. The minimum Gasteiger partial charge on any atom is -0.481 e. The number of nitrogens with zero attached hydrogens (tertiary/aromatic N) is 5. The van der Waals surface area contributed by atoms with Crippen molar-refractivity contribution in [1.82, 2.24) is 15.0 Å². The predicted molar refractivity (Wildman–Crippen MR) is 83.8 cm³/mol. The lowest BCUT2D eigenvalue weighted by Crippen LogP contribution is -2.47. The summed E-state index contributed by atoms with van der Waals surface area (Å²) in [7, 11) is 3.18. The van der Waals surface area contributed by atoms with Crippen LogP contribution in [0.15, 0.2) is 30.5 Å². The van der Waals surface area contributed by atoms with Gasteiger partial charge in [-0.2, -0.15) is 9.97 Å². The Morgan fingerprint density at radius 2 is 1.55 bits per heavy atom. The zero-order valence-corrected chi connectivity index (χ0v) is 12.8. The van der Waals surface area contributed by atoms with Crippen molar-refractivity contribution in [3.8, 4) is 11.8 Å². The van der Waals surface area contributed by atoms with Crippen LogP contribution in [-0.2, 0) is 0 Å². The summed E-state index contributed by atoms with van der Waals surface area (Å²) < 4.78 is 10.4. The first-order valence-corrected chi connectivity index (χ1v) is 7.18. The molecule has 7 heteroatoms. The van der Waals surface area contributed by atoms with Gasteiger partial charge in [0, 0.05) is 32.4 Å². The van der Waals surface area contributed by atoms with Crippen molar-refractivity contribution in [3.63, 3.8) is 0 Å². The van der Waals surface area contributed by atoms with Gasteiger partial charge in [0.25, 0.3) is 0 Å². The van der Waals surface area contributed by atoms with Crippen LogP contribution in [0.5, 0.6) is 11.8 Å². The zero-order chi connectivity index (χ0) is 15.4. The van der Waals surface area contributed by atoms with E-state index in [1.165, 1.54) is 0 Å². The van der Waals surface area contributed by atoms with Crippen LogP contribution in [-0.4, -0.2) is 55.4 Å². The maximum Gasteiger partial charge on any atom is 0.232 e. The van der Waals surface area contributed by atoms with Crippen molar-refractivity contribution in [2.24, 2.45) is 0 Å². The van der Waals surface area contributed by atoms with Crippen LogP contribution >= 0.6 is 0 Å². The molecule has 22 heavy (non-hydrogen) atoms. The van der Waals surface area contributed by atoms with E-state index in [1.54, 1.807) is 20.3 Å². The fourth-order valence-electron chi connectivity index (χ4n) is 2.42. The Bertz CT molecular complexity index is 592. The van der Waals surface area contributed by atoms with Crippen molar-refractivity contribution < 1.29 is 9.47 Å². The number of anilines is 2. The van der Waals surface area contributed by atoms with E-state index >= 15 is 0 Å². The predicted octanol–water partition coefficient (Wildman–Crippen LogP) is 1.22. The second-order valence-electron chi connectivity index (χ2n) is 4.91. The summed E-state index contributed by atoms with van der Waals surface area (Å²) in [6.45, 7) is 3.40. The molecular formula is C15H19N5O2. The third kappa shape index (κ3) is 3.03. The van der Waals surface area contributed by atoms with Crippen LogP contribution in [0.1, 0.15) is 0 Å². The highest BCUT2D eigenvalue weighted by Crippen LogP contribution is 2.22. The van der Waals surface area contributed by atoms with E-state index in [-0.39, 0.29) is 0 Å². The van der Waals surface area contributed by atoms with Crippen LogP contribution < -0.4 is 19.3 Å². The summed E-state index contributed by atoms with van der Waals surface area (Å²) in [4.78, 5) is 17.6. The summed E-state index contributed by atoms with van der Waals surface area (Å²) in [5.74, 6) is 2.66. The molecule has 1 aliphatic heterocycles. The van der Waals surface area contributed by atoms with E-state index in [0.29, 0.717) is 17.7 Å². The molecule has 1 fully saturated rings. The molecule has 3 rings (SSSR count). The summed E-state index contributed by atoms with van der Waals surface area (Å²) in [5.41, 5.74) is 0. The first kappa shape index (κ1) is 14.4. The maximum absolute atomic E-state index is 5.20. The van der Waals surface area contributed by atoms with Crippen molar-refractivity contribution in [3.05, 3.63) is 30.5 Å². The third-order valence-corrected chi connectivity index (χ3v) is 3.62. The van der Waals surface area contributed by atoms with Gasteiger partial charge in [-0.15, -0.1) is 0 Å². The Morgan fingerprint density at radius 1 is 0.909 bits per heavy atom. The molecule has 0 amide bonds. The van der Waals surface area contributed by atoms with E-state index in [4.69, 9.17) is 9.47 Å². The average molecular weight is 301 g/mol. The Kier molecular flexibility index (Phi) is 4.22. The van der Waals surface area contributed by atoms with E-state index < -0.39 is 0 Å². The number of aromatic nitrogens is 3. The fraction of sp³-hybridized carbons (Fsp3) is 0.400. The maximum atomic E-state index is 5.20. The number of piperazine rings is 1. The lowest BCUT2D eigenvalue weighted by Gasteiger charge is -2.35. The van der Waals surface area contributed by atoms with Gasteiger partial charge in [0.15, 0.2) is 0 Å². The van der Waals surface area contributed by atoms with E-state index in [1.807, 2.05) is 24.4 Å². The molecule has 3 heterocycles. The van der Waals surface area contributed by atoms with Crippen LogP contribution in [0.25, 0.3) is 0 Å². The van der Waals surface area contributed by atoms with Crippen molar-refractivity contribution in [2.75, 3.05) is 50.2 Å². The molecule has 2 aromatic rings. The minimum atomic E-state index is 0.508. The van der Waals surface area contributed by atoms with Crippen molar-refractivity contribution in [2.45, 2.75) is 0 Å². The highest BCUT2D eigenvalue weighted by atomic mass is 16.5. The average Bonchev–Trinajstić information content (AvgIpc) is 2.62. The normalized spacial score (nSPS) is 14.8. The molecular weight excluding hydrogens is 282 g/mol. The molecule has 0 unspecified atom stereocenters. The van der Waals surface area contributed by atoms with E-state index in [0.717, 1.165) is 32.0 Å². The van der Waals surface area contributed by atoms with Gasteiger partial charge >= 0.3 is 0 Å². The van der Waals surface area contributed by atoms with Gasteiger partial charge in [-0.1, -0.05) is 6.07 Å². The molecule has 0 spiro atoms. The molecule has 0 aromatic carbocycles. The lowest BCUT2D eigenvalue weighted by atomic mass is 10.3. The molecule has 7 nitrogen and oxygen atoms in total. The van der Waals surface area contributed by atoms with E-state index in [9.17, 15) is 0 Å². The molecule has 0 radical (unpaired) electrons. The van der Waals surface area contributed by atoms with Crippen molar-refractivity contribution >= 4 is 11.8 Å². The highest BCUT2D eigenvalue weighted by Gasteiger charge is 2.21. The number of hydrogen-bond acceptors (Lipinski definition) is 7. The number of rotatable bonds is 4. The minimum absolute atomic E-state index is 0.508. The molecule has 1 aliphatic rings. The number of hydrogen-bond donors (Lipinski definition) is 0. The van der Waals surface area contributed by atoms with Crippen LogP contribution in [0.2, 0.25) is 0 Å². The molecule has 116 valence electrons. The second kappa shape index (κ2) is 6.46. The van der Waals surface area contributed by atoms with Gasteiger partial charge in [0.1, 0.15) is 5.82 Å². The lowest BCUT2D eigenvalue weighted by molar-refractivity contribution is 0.371. The first-order valence-electron chi connectivity index (χ1n) is 7.18.